The Hall–Kier alpha value is -4.53. The highest BCUT2D eigenvalue weighted by Gasteiger charge is 2.34. The molecule has 4 aromatic rings. The Balaban J connectivity index is 1.41. The van der Waals surface area contributed by atoms with Gasteiger partial charge in [0.1, 0.15) is 17.8 Å². The number of para-hydroxylation sites is 1. The number of nitrogens with zero attached hydrogens (tertiary/aromatic N) is 4. The van der Waals surface area contributed by atoms with Gasteiger partial charge in [0.2, 0.25) is 5.91 Å². The summed E-state index contributed by atoms with van der Waals surface area (Å²) >= 11 is 0. The van der Waals surface area contributed by atoms with Gasteiger partial charge in [-0.05, 0) is 43.2 Å². The summed E-state index contributed by atoms with van der Waals surface area (Å²) in [5.41, 5.74) is 9.57. The van der Waals surface area contributed by atoms with E-state index in [-0.39, 0.29) is 23.9 Å². The van der Waals surface area contributed by atoms with Crippen LogP contribution in [0.1, 0.15) is 29.2 Å². The van der Waals surface area contributed by atoms with Gasteiger partial charge in [0, 0.05) is 22.9 Å². The quantitative estimate of drug-likeness (QED) is 0.384. The van der Waals surface area contributed by atoms with Crippen molar-refractivity contribution in [3.05, 3.63) is 79.1 Å². The van der Waals surface area contributed by atoms with Crippen LogP contribution in [0.15, 0.2) is 73.6 Å². The average Bonchev–Trinajstić information content (AvgIpc) is 3.22. The fourth-order valence-corrected chi connectivity index (χ4v) is 4.12. The lowest BCUT2D eigenvalue weighted by molar-refractivity contribution is -0.117. The van der Waals surface area contributed by atoms with Gasteiger partial charge >= 0.3 is 0 Å². The Morgan fingerprint density at radius 3 is 2.50 bits per heavy atom. The van der Waals surface area contributed by atoms with E-state index in [0.29, 0.717) is 28.1 Å². The molecule has 170 valence electrons. The van der Waals surface area contributed by atoms with E-state index in [1.807, 2.05) is 47.1 Å². The number of nitrogens with one attached hydrogen (secondary N) is 2. The number of anilines is 2. The number of aromatic nitrogens is 4. The van der Waals surface area contributed by atoms with Crippen LogP contribution in [0.4, 0.5) is 11.5 Å². The topological polar surface area (TPSA) is 128 Å². The van der Waals surface area contributed by atoms with Crippen LogP contribution in [0.5, 0.6) is 0 Å². The van der Waals surface area contributed by atoms with Gasteiger partial charge in [-0.3, -0.25) is 9.59 Å². The standard InChI is InChI=1S/C25H23N7O2/c1-2-20(33)29-18-12-19(13-18)32-24-21(23(26)27-14-28-24)22(31-32)15-8-10-16(11-9-15)25(34)30-17-6-4-3-5-7-17/h2-11,14,18-19H,1,12-13H2,(H,29,33)(H,30,34)(H2,26,27,28)/t18-,19+. The summed E-state index contributed by atoms with van der Waals surface area (Å²) in [5.74, 6) is -0.0385. The van der Waals surface area contributed by atoms with E-state index < -0.39 is 0 Å². The average molecular weight is 454 g/mol. The van der Waals surface area contributed by atoms with Crippen molar-refractivity contribution in [3.63, 3.8) is 0 Å². The number of hydrogen-bond donors (Lipinski definition) is 3. The molecule has 1 saturated carbocycles. The summed E-state index contributed by atoms with van der Waals surface area (Å²) in [6, 6.07) is 16.6. The van der Waals surface area contributed by atoms with E-state index in [2.05, 4.69) is 27.2 Å². The van der Waals surface area contributed by atoms with Crippen LogP contribution >= 0.6 is 0 Å². The third kappa shape index (κ3) is 3.99. The second-order valence-corrected chi connectivity index (χ2v) is 8.18. The van der Waals surface area contributed by atoms with Gasteiger partial charge in [-0.2, -0.15) is 5.10 Å². The van der Waals surface area contributed by atoms with Gasteiger partial charge in [0.25, 0.3) is 5.91 Å². The molecule has 2 aromatic heterocycles. The number of rotatable bonds is 6. The maximum Gasteiger partial charge on any atom is 0.255 e. The molecule has 0 saturated heterocycles. The molecule has 4 N–H and O–H groups in total. The van der Waals surface area contributed by atoms with E-state index in [1.54, 1.807) is 12.1 Å². The van der Waals surface area contributed by atoms with E-state index in [1.165, 1.54) is 12.4 Å². The normalized spacial score (nSPS) is 17.1. The Morgan fingerprint density at radius 1 is 1.06 bits per heavy atom. The highest BCUT2D eigenvalue weighted by Crippen LogP contribution is 2.38. The van der Waals surface area contributed by atoms with E-state index in [0.717, 1.165) is 24.1 Å². The molecule has 9 nitrogen and oxygen atoms in total. The maximum atomic E-state index is 12.6. The number of fused-ring (bicyclic) bond motifs is 1. The van der Waals surface area contributed by atoms with Crippen LogP contribution in [0.2, 0.25) is 0 Å². The molecule has 34 heavy (non-hydrogen) atoms. The van der Waals surface area contributed by atoms with Crippen molar-refractivity contribution < 1.29 is 9.59 Å². The number of amides is 2. The predicted molar refractivity (Wildman–Crippen MR) is 130 cm³/mol. The first-order valence-corrected chi connectivity index (χ1v) is 10.9. The summed E-state index contributed by atoms with van der Waals surface area (Å²) in [5, 5.41) is 11.3. The molecule has 5 rings (SSSR count). The first kappa shape index (κ1) is 21.3. The number of carbonyl (C=O) groups is 2. The van der Waals surface area contributed by atoms with Gasteiger partial charge in [0.05, 0.1) is 11.4 Å². The van der Waals surface area contributed by atoms with Crippen molar-refractivity contribution >= 4 is 34.4 Å². The van der Waals surface area contributed by atoms with Crippen molar-refractivity contribution in [2.45, 2.75) is 24.9 Å². The summed E-state index contributed by atoms with van der Waals surface area (Å²) in [4.78, 5) is 32.7. The van der Waals surface area contributed by atoms with Crippen LogP contribution in [-0.4, -0.2) is 37.6 Å². The van der Waals surface area contributed by atoms with Crippen LogP contribution < -0.4 is 16.4 Å². The Kier molecular flexibility index (Phi) is 5.51. The van der Waals surface area contributed by atoms with Gasteiger partial charge in [-0.25, -0.2) is 14.6 Å². The molecule has 0 aliphatic heterocycles. The molecule has 0 spiro atoms. The smallest absolute Gasteiger partial charge is 0.255 e. The van der Waals surface area contributed by atoms with Gasteiger partial charge in [-0.15, -0.1) is 0 Å². The van der Waals surface area contributed by atoms with Crippen LogP contribution in [0, 0.1) is 0 Å². The van der Waals surface area contributed by atoms with Crippen molar-refractivity contribution in [1.29, 1.82) is 0 Å². The third-order valence-corrected chi connectivity index (χ3v) is 5.96. The van der Waals surface area contributed by atoms with Gasteiger partial charge in [0.15, 0.2) is 5.65 Å². The first-order valence-electron chi connectivity index (χ1n) is 10.9. The highest BCUT2D eigenvalue weighted by molar-refractivity contribution is 6.05. The summed E-state index contributed by atoms with van der Waals surface area (Å²) in [6.45, 7) is 3.49. The SMILES string of the molecule is C=CC(=O)N[C@H]1C[C@@H](n2nc(-c3ccc(C(=O)Nc4ccccc4)cc3)c3c(N)ncnc32)C1. The van der Waals surface area contributed by atoms with Crippen molar-refractivity contribution in [2.75, 3.05) is 11.1 Å². The minimum absolute atomic E-state index is 0.0693. The Bertz CT molecular complexity index is 1370. The number of nitrogens with two attached hydrogens (primary N) is 1. The molecular formula is C25H23N7O2. The molecule has 0 bridgehead atoms. The van der Waals surface area contributed by atoms with Crippen LogP contribution in [0.3, 0.4) is 0 Å². The lowest BCUT2D eigenvalue weighted by Crippen LogP contribution is -2.44. The molecule has 2 amide bonds. The minimum atomic E-state index is -0.196. The number of hydrogen-bond acceptors (Lipinski definition) is 6. The van der Waals surface area contributed by atoms with Crippen LogP contribution in [-0.2, 0) is 4.79 Å². The summed E-state index contributed by atoms with van der Waals surface area (Å²) < 4.78 is 1.86. The van der Waals surface area contributed by atoms with Crippen molar-refractivity contribution in [2.24, 2.45) is 0 Å². The molecule has 0 radical (unpaired) electrons. The van der Waals surface area contributed by atoms with Crippen LogP contribution in [0.25, 0.3) is 22.3 Å². The lowest BCUT2D eigenvalue weighted by Gasteiger charge is -2.35. The Morgan fingerprint density at radius 2 is 1.79 bits per heavy atom. The third-order valence-electron chi connectivity index (χ3n) is 5.96. The highest BCUT2D eigenvalue weighted by atomic mass is 16.2. The molecule has 9 heteroatoms. The Labute approximate surface area is 195 Å². The molecule has 2 heterocycles. The molecule has 0 unspecified atom stereocenters. The van der Waals surface area contributed by atoms with E-state index in [9.17, 15) is 9.59 Å². The summed E-state index contributed by atoms with van der Waals surface area (Å²) in [6.07, 6.45) is 4.16. The minimum Gasteiger partial charge on any atom is -0.383 e. The summed E-state index contributed by atoms with van der Waals surface area (Å²) in [7, 11) is 0. The zero-order valence-electron chi connectivity index (χ0n) is 18.3. The van der Waals surface area contributed by atoms with Gasteiger partial charge in [-0.1, -0.05) is 36.9 Å². The zero-order valence-corrected chi connectivity index (χ0v) is 18.3. The number of nitrogen functional groups attached to an aromatic ring is 1. The number of benzene rings is 2. The fraction of sp³-hybridized carbons (Fsp3) is 0.160. The number of carbonyl (C=O) groups excluding carboxylic acids is 2. The van der Waals surface area contributed by atoms with E-state index >= 15 is 0 Å². The van der Waals surface area contributed by atoms with Gasteiger partial charge < -0.3 is 16.4 Å². The molecule has 1 aliphatic carbocycles. The second kappa shape index (κ2) is 8.78. The monoisotopic (exact) mass is 453 g/mol. The molecule has 1 aliphatic rings. The molecule has 1 fully saturated rings. The lowest BCUT2D eigenvalue weighted by atomic mass is 9.87. The van der Waals surface area contributed by atoms with Crippen molar-refractivity contribution in [3.8, 4) is 11.3 Å². The largest absolute Gasteiger partial charge is 0.383 e. The maximum absolute atomic E-state index is 12.6. The molecule has 2 aromatic carbocycles. The second-order valence-electron chi connectivity index (χ2n) is 8.18. The first-order chi connectivity index (χ1) is 16.5. The van der Waals surface area contributed by atoms with E-state index in [4.69, 9.17) is 10.8 Å². The molecule has 0 atom stereocenters. The predicted octanol–water partition coefficient (Wildman–Crippen LogP) is 3.33. The fourth-order valence-electron chi connectivity index (χ4n) is 4.12. The zero-order chi connectivity index (χ0) is 23.7. The molecular weight excluding hydrogens is 430 g/mol. The van der Waals surface area contributed by atoms with Crippen molar-refractivity contribution in [1.82, 2.24) is 25.1 Å².